The van der Waals surface area contributed by atoms with Crippen molar-refractivity contribution in [2.75, 3.05) is 26.7 Å². The minimum Gasteiger partial charge on any atom is -0.497 e. The Kier molecular flexibility index (Phi) is 5.45. The van der Waals surface area contributed by atoms with E-state index in [2.05, 4.69) is 17.0 Å². The number of piperidine rings is 1. The molecule has 4 rings (SSSR count). The second kappa shape index (κ2) is 7.85. The summed E-state index contributed by atoms with van der Waals surface area (Å²) < 4.78 is 32.8. The van der Waals surface area contributed by atoms with E-state index in [0.717, 1.165) is 36.4 Å². The summed E-state index contributed by atoms with van der Waals surface area (Å²) in [7, 11) is -1.58. The first kappa shape index (κ1) is 19.4. The van der Waals surface area contributed by atoms with Crippen LogP contribution in [0.4, 0.5) is 0 Å². The quantitative estimate of drug-likeness (QED) is 0.748. The number of ether oxygens (including phenoxy) is 1. The minimum absolute atomic E-state index is 0.0968. The maximum absolute atomic E-state index is 12.9. The van der Waals surface area contributed by atoms with Gasteiger partial charge in [-0.3, -0.25) is 4.90 Å². The van der Waals surface area contributed by atoms with Gasteiger partial charge in [0, 0.05) is 38.1 Å². The predicted molar refractivity (Wildman–Crippen MR) is 111 cm³/mol. The van der Waals surface area contributed by atoms with E-state index in [9.17, 15) is 8.42 Å². The van der Waals surface area contributed by atoms with Crippen LogP contribution >= 0.6 is 0 Å². The third-order valence-electron chi connectivity index (χ3n) is 5.94. The minimum atomic E-state index is -3.26. The number of hydrogen-bond acceptors (Lipinski definition) is 4. The number of sulfonamides is 1. The Morgan fingerprint density at radius 3 is 2.61 bits per heavy atom. The van der Waals surface area contributed by atoms with Gasteiger partial charge in [-0.05, 0) is 36.6 Å². The van der Waals surface area contributed by atoms with Gasteiger partial charge >= 0.3 is 0 Å². The fourth-order valence-electron chi connectivity index (χ4n) is 4.49. The van der Waals surface area contributed by atoms with Gasteiger partial charge in [-0.2, -0.15) is 0 Å². The predicted octanol–water partition coefficient (Wildman–Crippen LogP) is 3.04. The van der Waals surface area contributed by atoms with Crippen LogP contribution in [0.2, 0.25) is 0 Å². The number of rotatable bonds is 6. The van der Waals surface area contributed by atoms with Gasteiger partial charge in [0.15, 0.2) is 0 Å². The molecule has 2 fully saturated rings. The van der Waals surface area contributed by atoms with Gasteiger partial charge in [0.2, 0.25) is 10.0 Å². The number of hydrogen-bond donors (Lipinski definition) is 0. The molecular formula is C22H28N2O3S. The molecule has 2 saturated heterocycles. The summed E-state index contributed by atoms with van der Waals surface area (Å²) in [6.45, 7) is 5.11. The van der Waals surface area contributed by atoms with E-state index >= 15 is 0 Å². The van der Waals surface area contributed by atoms with Crippen LogP contribution in [0.25, 0.3) is 0 Å². The van der Waals surface area contributed by atoms with Gasteiger partial charge in [0.1, 0.15) is 5.75 Å². The molecular weight excluding hydrogens is 372 g/mol. The van der Waals surface area contributed by atoms with E-state index in [1.165, 1.54) is 5.56 Å². The van der Waals surface area contributed by atoms with Gasteiger partial charge in [-0.15, -0.1) is 0 Å². The first-order chi connectivity index (χ1) is 13.4. The summed E-state index contributed by atoms with van der Waals surface area (Å²) in [6.07, 6.45) is 0.904. The fraction of sp³-hybridized carbons (Fsp3) is 0.455. The summed E-state index contributed by atoms with van der Waals surface area (Å²) in [4.78, 5) is 2.46. The Balaban J connectivity index is 1.35. The van der Waals surface area contributed by atoms with Crippen molar-refractivity contribution in [3.05, 3.63) is 65.2 Å². The molecule has 0 amide bonds. The normalized spacial score (nSPS) is 23.1. The van der Waals surface area contributed by atoms with E-state index in [0.29, 0.717) is 25.0 Å². The van der Waals surface area contributed by atoms with Crippen LogP contribution in [0.3, 0.4) is 0 Å². The van der Waals surface area contributed by atoms with Gasteiger partial charge in [-0.25, -0.2) is 12.7 Å². The average Bonchev–Trinajstić information content (AvgIpc) is 2.65. The van der Waals surface area contributed by atoms with Crippen molar-refractivity contribution in [3.8, 4) is 5.75 Å². The highest BCUT2D eigenvalue weighted by molar-refractivity contribution is 7.88. The third-order valence-corrected chi connectivity index (χ3v) is 7.76. The smallest absolute Gasteiger partial charge is 0.218 e. The zero-order valence-corrected chi connectivity index (χ0v) is 17.4. The lowest BCUT2D eigenvalue weighted by molar-refractivity contribution is -0.0306. The summed E-state index contributed by atoms with van der Waals surface area (Å²) in [5.41, 5.74) is 3.21. The number of likely N-dealkylation sites (tertiary alicyclic amines) is 1. The third kappa shape index (κ3) is 4.09. The van der Waals surface area contributed by atoms with E-state index in [1.54, 1.807) is 11.4 Å². The van der Waals surface area contributed by atoms with E-state index in [1.807, 2.05) is 43.3 Å². The Labute approximate surface area is 168 Å². The molecule has 2 unspecified atom stereocenters. The topological polar surface area (TPSA) is 49.9 Å². The number of benzene rings is 2. The van der Waals surface area contributed by atoms with Crippen LogP contribution in [0.5, 0.6) is 5.75 Å². The molecule has 0 saturated carbocycles. The molecule has 0 radical (unpaired) electrons. The highest BCUT2D eigenvalue weighted by Crippen LogP contribution is 2.35. The second-order valence-electron chi connectivity index (χ2n) is 8.00. The molecule has 0 bridgehead atoms. The maximum atomic E-state index is 12.9. The lowest BCUT2D eigenvalue weighted by Crippen LogP contribution is -2.63. The summed E-state index contributed by atoms with van der Waals surface area (Å²) in [6, 6.07) is 16.4. The summed E-state index contributed by atoms with van der Waals surface area (Å²) >= 11 is 0. The number of aryl methyl sites for hydroxylation is 1. The molecule has 0 aliphatic carbocycles. The van der Waals surface area contributed by atoms with E-state index < -0.39 is 10.0 Å². The molecule has 2 aromatic carbocycles. The van der Waals surface area contributed by atoms with Crippen molar-refractivity contribution < 1.29 is 13.2 Å². The van der Waals surface area contributed by atoms with E-state index in [-0.39, 0.29) is 5.75 Å². The lowest BCUT2D eigenvalue weighted by atomic mass is 9.83. The molecule has 0 aromatic heterocycles. The maximum Gasteiger partial charge on any atom is 0.218 e. The second-order valence-corrected chi connectivity index (χ2v) is 9.97. The molecule has 150 valence electrons. The van der Waals surface area contributed by atoms with Crippen LogP contribution in [-0.2, 0) is 22.3 Å². The fourth-order valence-corrected chi connectivity index (χ4v) is 6.07. The van der Waals surface area contributed by atoms with Crippen molar-refractivity contribution in [1.82, 2.24) is 9.21 Å². The standard InChI is InChI=1S/C22H28N2O3S/c1-17-5-3-7-19(11-17)16-28(25,26)24-10-9-22-20(15-24)14-23(22)13-18-6-4-8-21(12-18)27-2/h3-8,11-12,20,22H,9-10,13-16H2,1-2H3. The van der Waals surface area contributed by atoms with Crippen molar-refractivity contribution in [2.45, 2.75) is 31.7 Å². The van der Waals surface area contributed by atoms with Crippen LogP contribution in [0.1, 0.15) is 23.1 Å². The molecule has 2 heterocycles. The molecule has 28 heavy (non-hydrogen) atoms. The molecule has 2 aromatic rings. The van der Waals surface area contributed by atoms with E-state index in [4.69, 9.17) is 4.74 Å². The first-order valence-electron chi connectivity index (χ1n) is 9.85. The van der Waals surface area contributed by atoms with Crippen molar-refractivity contribution in [2.24, 2.45) is 5.92 Å². The number of fused-ring (bicyclic) bond motifs is 1. The molecule has 2 aliphatic rings. The SMILES string of the molecule is COc1cccc(CN2CC3CN(S(=O)(=O)Cc4cccc(C)c4)CCC32)c1. The highest BCUT2D eigenvalue weighted by atomic mass is 32.2. The van der Waals surface area contributed by atoms with Crippen LogP contribution < -0.4 is 4.74 Å². The molecule has 2 aliphatic heterocycles. The van der Waals surface area contributed by atoms with Gasteiger partial charge in [0.05, 0.1) is 12.9 Å². The molecule has 6 heteroatoms. The van der Waals surface area contributed by atoms with Crippen molar-refractivity contribution in [1.29, 1.82) is 0 Å². The van der Waals surface area contributed by atoms with Crippen LogP contribution in [0, 0.1) is 12.8 Å². The molecule has 0 spiro atoms. The Morgan fingerprint density at radius 2 is 1.86 bits per heavy atom. The monoisotopic (exact) mass is 400 g/mol. The van der Waals surface area contributed by atoms with Gasteiger partial charge in [0.25, 0.3) is 0 Å². The Morgan fingerprint density at radius 1 is 1.07 bits per heavy atom. The number of methoxy groups -OCH3 is 1. The molecule has 0 N–H and O–H groups in total. The first-order valence-corrected chi connectivity index (χ1v) is 11.5. The zero-order valence-electron chi connectivity index (χ0n) is 16.5. The summed E-state index contributed by atoms with van der Waals surface area (Å²) in [5.74, 6) is 1.41. The molecule has 2 atom stereocenters. The van der Waals surface area contributed by atoms with Crippen molar-refractivity contribution in [3.63, 3.8) is 0 Å². The van der Waals surface area contributed by atoms with Gasteiger partial charge < -0.3 is 4.74 Å². The van der Waals surface area contributed by atoms with Crippen molar-refractivity contribution >= 4 is 10.0 Å². The largest absolute Gasteiger partial charge is 0.497 e. The Hall–Kier alpha value is -1.89. The van der Waals surface area contributed by atoms with Gasteiger partial charge in [-0.1, -0.05) is 42.0 Å². The Bertz CT molecular complexity index is 944. The number of nitrogens with zero attached hydrogens (tertiary/aromatic N) is 2. The lowest BCUT2D eigenvalue weighted by Gasteiger charge is -2.53. The molecule has 5 nitrogen and oxygen atoms in total. The highest BCUT2D eigenvalue weighted by Gasteiger charge is 2.44. The average molecular weight is 401 g/mol. The van der Waals surface area contributed by atoms with Crippen LogP contribution in [-0.4, -0.2) is 50.4 Å². The summed E-state index contributed by atoms with van der Waals surface area (Å²) in [5, 5.41) is 0. The zero-order chi connectivity index (χ0) is 19.7. The van der Waals surface area contributed by atoms with Crippen LogP contribution in [0.15, 0.2) is 48.5 Å².